The number of anilines is 1. The van der Waals surface area contributed by atoms with Crippen LogP contribution in [0.1, 0.15) is 6.42 Å². The third-order valence-electron chi connectivity index (χ3n) is 5.03. The highest BCUT2D eigenvalue weighted by Crippen LogP contribution is 2.41. The fourth-order valence-corrected chi connectivity index (χ4v) is 4.90. The van der Waals surface area contributed by atoms with E-state index in [1.807, 2.05) is 0 Å². The van der Waals surface area contributed by atoms with Gasteiger partial charge in [-0.2, -0.15) is 0 Å². The van der Waals surface area contributed by atoms with Gasteiger partial charge in [-0.1, -0.05) is 11.8 Å². The van der Waals surface area contributed by atoms with E-state index in [0.717, 1.165) is 0 Å². The average molecular weight is 426 g/mol. The highest BCUT2D eigenvalue weighted by molar-refractivity contribution is 8.15. The van der Waals surface area contributed by atoms with Gasteiger partial charge in [-0.3, -0.25) is 9.79 Å². The third kappa shape index (κ3) is 4.95. The summed E-state index contributed by atoms with van der Waals surface area (Å²) in [7, 11) is 4.70. The van der Waals surface area contributed by atoms with Gasteiger partial charge in [0.25, 0.3) is 0 Å². The molecule has 2 aliphatic rings. The molecule has 1 aliphatic heterocycles. The fourth-order valence-electron chi connectivity index (χ4n) is 3.52. The van der Waals surface area contributed by atoms with Crippen LogP contribution in [0.3, 0.4) is 0 Å². The van der Waals surface area contributed by atoms with Gasteiger partial charge in [0.05, 0.1) is 38.9 Å². The molecule has 0 radical (unpaired) electrons. The third-order valence-corrected chi connectivity index (χ3v) is 6.34. The van der Waals surface area contributed by atoms with Gasteiger partial charge in [0, 0.05) is 42.8 Å². The minimum Gasteiger partial charge on any atom is -0.497 e. The number of hydrogen-bond acceptors (Lipinski definition) is 9. The first-order valence-electron chi connectivity index (χ1n) is 9.34. The van der Waals surface area contributed by atoms with Crippen molar-refractivity contribution in [1.82, 2.24) is 5.32 Å². The number of benzene rings is 1. The number of methoxy groups -OCH3 is 3. The van der Waals surface area contributed by atoms with Gasteiger partial charge >= 0.3 is 0 Å². The first kappa shape index (κ1) is 21.7. The second kappa shape index (κ2) is 9.66. The Bertz CT molecular complexity index is 739. The number of thioether (sulfide) groups is 1. The molecule has 1 heterocycles. The van der Waals surface area contributed by atoms with Gasteiger partial charge in [-0.25, -0.2) is 0 Å². The largest absolute Gasteiger partial charge is 0.497 e. The number of aliphatic imine (C=N–C) groups is 1. The molecular formula is C19H27N3O6S. The number of aliphatic hydroxyl groups excluding tert-OH is 2. The standard InChI is InChI=1S/C19H27N3O6S/c1-26-5-4-20-18(25)13-9-14(23)16(24)15-17(13)29-19(22-15)21-10-6-11(27-2)8-12(7-10)28-3/h6-8,13-17,23-24H,4-5,9H2,1-3H3,(H,20,25)(H,21,22)/t13-,14-,15-,16+,17-/m1/s1. The average Bonchev–Trinajstić information content (AvgIpc) is 3.14. The zero-order valence-electron chi connectivity index (χ0n) is 16.6. The summed E-state index contributed by atoms with van der Waals surface area (Å²) in [4.78, 5) is 17.2. The second-order valence-electron chi connectivity index (χ2n) is 6.92. The Morgan fingerprint density at radius 3 is 2.52 bits per heavy atom. The van der Waals surface area contributed by atoms with Crippen molar-refractivity contribution in [3.05, 3.63) is 18.2 Å². The molecule has 160 valence electrons. The molecule has 1 fully saturated rings. The van der Waals surface area contributed by atoms with Gasteiger partial charge in [0.2, 0.25) is 5.91 Å². The zero-order valence-corrected chi connectivity index (χ0v) is 17.4. The highest BCUT2D eigenvalue weighted by Gasteiger charge is 2.50. The van der Waals surface area contributed by atoms with Gasteiger partial charge in [-0.05, 0) is 6.42 Å². The van der Waals surface area contributed by atoms with Gasteiger partial charge in [0.15, 0.2) is 5.17 Å². The lowest BCUT2D eigenvalue weighted by molar-refractivity contribution is -0.129. The van der Waals surface area contributed by atoms with Gasteiger partial charge in [0.1, 0.15) is 17.6 Å². The number of carbonyl (C=O) groups excluding carboxylic acids is 1. The van der Waals surface area contributed by atoms with Crippen LogP contribution in [-0.4, -0.2) is 79.3 Å². The predicted octanol–water partition coefficient (Wildman–Crippen LogP) is 0.460. The molecule has 9 nitrogen and oxygen atoms in total. The molecule has 1 aliphatic carbocycles. The summed E-state index contributed by atoms with van der Waals surface area (Å²) in [5.74, 6) is 0.607. The molecule has 0 bridgehead atoms. The van der Waals surface area contributed by atoms with E-state index in [4.69, 9.17) is 14.2 Å². The summed E-state index contributed by atoms with van der Waals surface area (Å²) in [5.41, 5.74) is 0.710. The Hall–Kier alpha value is -2.01. The first-order valence-corrected chi connectivity index (χ1v) is 10.2. The first-order chi connectivity index (χ1) is 14.0. The number of carbonyl (C=O) groups is 1. The van der Waals surface area contributed by atoms with E-state index in [1.165, 1.54) is 11.8 Å². The van der Waals surface area contributed by atoms with Crippen LogP contribution >= 0.6 is 11.8 Å². The van der Waals surface area contributed by atoms with Crippen LogP contribution < -0.4 is 20.1 Å². The van der Waals surface area contributed by atoms with Crippen molar-refractivity contribution in [2.24, 2.45) is 10.9 Å². The number of ether oxygens (including phenoxy) is 3. The van der Waals surface area contributed by atoms with Crippen LogP contribution in [0.5, 0.6) is 11.5 Å². The highest BCUT2D eigenvalue weighted by atomic mass is 32.2. The molecule has 10 heteroatoms. The molecule has 1 aromatic rings. The smallest absolute Gasteiger partial charge is 0.224 e. The molecule has 0 saturated heterocycles. The molecule has 1 amide bonds. The zero-order chi connectivity index (χ0) is 21.0. The van der Waals surface area contributed by atoms with E-state index < -0.39 is 24.2 Å². The van der Waals surface area contributed by atoms with Crippen LogP contribution in [0.25, 0.3) is 0 Å². The number of hydrogen-bond donors (Lipinski definition) is 4. The topological polar surface area (TPSA) is 122 Å². The summed E-state index contributed by atoms with van der Waals surface area (Å²) in [6, 6.07) is 4.79. The molecule has 1 aromatic carbocycles. The maximum Gasteiger partial charge on any atom is 0.224 e. The number of rotatable bonds is 7. The summed E-state index contributed by atoms with van der Waals surface area (Å²) in [6.07, 6.45) is -1.84. The van der Waals surface area contributed by atoms with Crippen LogP contribution in [0.4, 0.5) is 5.69 Å². The van der Waals surface area contributed by atoms with Crippen molar-refractivity contribution in [2.45, 2.75) is 29.9 Å². The van der Waals surface area contributed by atoms with E-state index in [0.29, 0.717) is 35.5 Å². The van der Waals surface area contributed by atoms with Crippen LogP contribution in [-0.2, 0) is 9.53 Å². The van der Waals surface area contributed by atoms with Crippen LogP contribution in [0.15, 0.2) is 23.2 Å². The molecule has 0 unspecified atom stereocenters. The van der Waals surface area contributed by atoms with E-state index in [2.05, 4.69) is 15.6 Å². The number of amidine groups is 1. The Morgan fingerprint density at radius 1 is 1.21 bits per heavy atom. The molecule has 1 saturated carbocycles. The number of nitrogens with zero attached hydrogens (tertiary/aromatic N) is 1. The van der Waals surface area contributed by atoms with Crippen LogP contribution in [0, 0.1) is 5.92 Å². The van der Waals surface area contributed by atoms with Gasteiger partial charge < -0.3 is 35.1 Å². The lowest BCUT2D eigenvalue weighted by atomic mass is 9.81. The maximum absolute atomic E-state index is 12.6. The second-order valence-corrected chi connectivity index (χ2v) is 8.08. The van der Waals surface area contributed by atoms with Crippen molar-refractivity contribution in [1.29, 1.82) is 0 Å². The van der Waals surface area contributed by atoms with Crippen molar-refractivity contribution in [2.75, 3.05) is 39.8 Å². The lowest BCUT2D eigenvalue weighted by Crippen LogP contribution is -2.54. The van der Waals surface area contributed by atoms with Crippen LogP contribution in [0.2, 0.25) is 0 Å². The predicted molar refractivity (Wildman–Crippen MR) is 111 cm³/mol. The number of aliphatic hydroxyl groups is 2. The summed E-state index contributed by atoms with van der Waals surface area (Å²) < 4.78 is 15.5. The molecule has 3 rings (SSSR count). The summed E-state index contributed by atoms with van der Waals surface area (Å²) in [5, 5.41) is 27.0. The van der Waals surface area contributed by atoms with Crippen molar-refractivity contribution in [3.63, 3.8) is 0 Å². The molecule has 5 atom stereocenters. The summed E-state index contributed by atoms with van der Waals surface area (Å²) in [6.45, 7) is 0.800. The lowest BCUT2D eigenvalue weighted by Gasteiger charge is -2.37. The Kier molecular flexibility index (Phi) is 7.23. The molecular weight excluding hydrogens is 398 g/mol. The molecule has 0 aromatic heterocycles. The van der Waals surface area contributed by atoms with Crippen molar-refractivity contribution in [3.8, 4) is 11.5 Å². The van der Waals surface area contributed by atoms with E-state index in [-0.39, 0.29) is 17.6 Å². The minimum atomic E-state index is -1.02. The Labute approximate surface area is 173 Å². The summed E-state index contributed by atoms with van der Waals surface area (Å²) >= 11 is 1.39. The van der Waals surface area contributed by atoms with E-state index in [1.54, 1.807) is 39.5 Å². The van der Waals surface area contributed by atoms with E-state index >= 15 is 0 Å². The maximum atomic E-state index is 12.6. The normalized spacial score (nSPS) is 28.3. The number of amides is 1. The SMILES string of the molecule is COCCNC(=O)[C@@H]1C[C@@H](O)[C@H](O)[C@H]2N=C(Nc3cc(OC)cc(OC)c3)S[C@@H]21. The van der Waals surface area contributed by atoms with Gasteiger partial charge in [-0.15, -0.1) is 0 Å². The monoisotopic (exact) mass is 425 g/mol. The number of nitrogens with one attached hydrogen (secondary N) is 2. The minimum absolute atomic E-state index is 0.171. The fraction of sp³-hybridized carbons (Fsp3) is 0.579. The Morgan fingerprint density at radius 2 is 1.90 bits per heavy atom. The Balaban J connectivity index is 1.75. The molecule has 4 N–H and O–H groups in total. The molecule has 0 spiro atoms. The molecule has 29 heavy (non-hydrogen) atoms. The quantitative estimate of drug-likeness (QED) is 0.465. The van der Waals surface area contributed by atoms with E-state index in [9.17, 15) is 15.0 Å². The van der Waals surface area contributed by atoms with Crippen molar-refractivity contribution < 1.29 is 29.2 Å². The number of fused-ring (bicyclic) bond motifs is 1. The van der Waals surface area contributed by atoms with Crippen molar-refractivity contribution >= 4 is 28.5 Å².